The van der Waals surface area contributed by atoms with E-state index in [0.29, 0.717) is 25.1 Å². The molecule has 0 saturated carbocycles. The lowest BCUT2D eigenvalue weighted by Gasteiger charge is -2.28. The number of aromatic amines is 1. The molecule has 0 spiro atoms. The van der Waals surface area contributed by atoms with Crippen LogP contribution >= 0.6 is 0 Å². The third-order valence-electron chi connectivity index (χ3n) is 10.3. The van der Waals surface area contributed by atoms with Crippen molar-refractivity contribution in [3.05, 3.63) is 54.1 Å². The van der Waals surface area contributed by atoms with E-state index in [2.05, 4.69) is 57.8 Å². The quantitative estimate of drug-likeness (QED) is 0.0311. The smallest absolute Gasteiger partial charge is 0.243 e. The fourth-order valence-electron chi connectivity index (χ4n) is 6.79. The van der Waals surface area contributed by atoms with Gasteiger partial charge in [0.2, 0.25) is 47.3 Å². The third-order valence-corrected chi connectivity index (χ3v) is 10.3. The molecule has 1 aromatic carbocycles. The van der Waals surface area contributed by atoms with Gasteiger partial charge in [-0.25, -0.2) is 4.98 Å². The molecule has 2 aromatic rings. The van der Waals surface area contributed by atoms with E-state index in [1.807, 2.05) is 19.9 Å². The van der Waals surface area contributed by atoms with Crippen LogP contribution in [-0.2, 0) is 51.2 Å². The van der Waals surface area contributed by atoms with Crippen molar-refractivity contribution < 1.29 is 38.4 Å². The number of hydrogen-bond acceptors (Lipinski definition) is 12. The van der Waals surface area contributed by atoms with E-state index in [1.165, 1.54) is 13.3 Å². The maximum Gasteiger partial charge on any atom is 0.243 e. The number of aromatic nitrogens is 2. The van der Waals surface area contributed by atoms with Gasteiger partial charge in [-0.3, -0.25) is 43.8 Å². The molecular formula is C42H67N15O8. The van der Waals surface area contributed by atoms with Gasteiger partial charge < -0.3 is 70.0 Å². The molecule has 1 fully saturated rings. The molecule has 1 aliphatic rings. The van der Waals surface area contributed by atoms with Gasteiger partial charge in [0.05, 0.1) is 24.6 Å². The second-order valence-corrected chi connectivity index (χ2v) is 16.4. The summed E-state index contributed by atoms with van der Waals surface area (Å²) >= 11 is 0. The van der Waals surface area contributed by atoms with Crippen LogP contribution in [0.3, 0.4) is 0 Å². The largest absolute Gasteiger partial charge is 0.370 e. The van der Waals surface area contributed by atoms with Crippen LogP contribution in [0, 0.1) is 11.3 Å². The molecule has 0 unspecified atom stereocenters. The van der Waals surface area contributed by atoms with E-state index >= 15 is 0 Å². The van der Waals surface area contributed by atoms with Gasteiger partial charge in [0.1, 0.15) is 36.3 Å². The molecule has 358 valence electrons. The fourth-order valence-corrected chi connectivity index (χ4v) is 6.79. The van der Waals surface area contributed by atoms with Gasteiger partial charge in [-0.1, -0.05) is 44.2 Å². The maximum atomic E-state index is 14.2. The normalized spacial score (nSPS) is 19.1. The van der Waals surface area contributed by atoms with E-state index < -0.39 is 96.1 Å². The highest BCUT2D eigenvalue weighted by molar-refractivity contribution is 5.97. The number of carbonyl (C=O) groups excluding carboxylic acids is 8. The SMILES string of the molecule is CC(C)C[C@@H]1NC(=O)[C@H](NC(=O)[C@H](CCCNC(=N)N)NC(=O)[C@H](CCCCN)NC(=O)[C@H](C)NC(=O)[C@@H](N)Cc2c[nH]cn2)CCNC(=O)CNC(=O)[C@H](Cc2ccccc2)NC1=O. The molecular weight excluding hydrogens is 843 g/mol. The lowest BCUT2D eigenvalue weighted by molar-refractivity contribution is -0.136. The van der Waals surface area contributed by atoms with Gasteiger partial charge in [0.25, 0.3) is 0 Å². The number of H-pyrrole nitrogens is 1. The van der Waals surface area contributed by atoms with Crippen molar-refractivity contribution in [3.63, 3.8) is 0 Å². The van der Waals surface area contributed by atoms with Crippen molar-refractivity contribution in [2.24, 2.45) is 23.1 Å². The van der Waals surface area contributed by atoms with Crippen LogP contribution < -0.4 is 65.1 Å². The molecule has 1 aromatic heterocycles. The zero-order valence-corrected chi connectivity index (χ0v) is 37.3. The van der Waals surface area contributed by atoms with Crippen LogP contribution in [0.25, 0.3) is 0 Å². The first-order chi connectivity index (χ1) is 31.0. The molecule has 17 N–H and O–H groups in total. The monoisotopic (exact) mass is 910 g/mol. The summed E-state index contributed by atoms with van der Waals surface area (Å²) in [6.45, 7) is 5.04. The second-order valence-electron chi connectivity index (χ2n) is 16.4. The van der Waals surface area contributed by atoms with Crippen molar-refractivity contribution in [1.29, 1.82) is 5.41 Å². The zero-order chi connectivity index (χ0) is 47.9. The number of hydrogen-bond donors (Lipinski definition) is 14. The summed E-state index contributed by atoms with van der Waals surface area (Å²) in [5.74, 6) is -5.85. The van der Waals surface area contributed by atoms with Crippen LogP contribution in [-0.4, -0.2) is 132 Å². The van der Waals surface area contributed by atoms with E-state index in [-0.39, 0.29) is 69.9 Å². The number of rotatable bonds is 22. The predicted octanol–water partition coefficient (Wildman–Crippen LogP) is -3.47. The zero-order valence-electron chi connectivity index (χ0n) is 37.3. The molecule has 23 heteroatoms. The Balaban J connectivity index is 1.84. The molecule has 23 nitrogen and oxygen atoms in total. The van der Waals surface area contributed by atoms with Crippen LogP contribution in [0.5, 0.6) is 0 Å². The van der Waals surface area contributed by atoms with E-state index in [9.17, 15) is 38.4 Å². The Morgan fingerprint density at radius 3 is 2.17 bits per heavy atom. The highest BCUT2D eigenvalue weighted by Gasteiger charge is 2.34. The highest BCUT2D eigenvalue weighted by atomic mass is 16.2. The minimum absolute atomic E-state index is 0.0202. The number of benzene rings is 1. The Hall–Kier alpha value is -6.62. The summed E-state index contributed by atoms with van der Waals surface area (Å²) in [5.41, 5.74) is 18.5. The topological polar surface area (TPSA) is 375 Å². The van der Waals surface area contributed by atoms with Crippen LogP contribution in [0.1, 0.15) is 77.0 Å². The summed E-state index contributed by atoms with van der Waals surface area (Å²) in [4.78, 5) is 115. The van der Waals surface area contributed by atoms with E-state index in [0.717, 1.165) is 5.56 Å². The molecule has 7 atom stereocenters. The van der Waals surface area contributed by atoms with Gasteiger partial charge in [-0.05, 0) is 69.9 Å². The summed E-state index contributed by atoms with van der Waals surface area (Å²) < 4.78 is 0. The van der Waals surface area contributed by atoms with Gasteiger partial charge in [0.15, 0.2) is 5.96 Å². The molecule has 1 saturated heterocycles. The van der Waals surface area contributed by atoms with Gasteiger partial charge in [-0.2, -0.15) is 0 Å². The Kier molecular flexibility index (Phi) is 22.3. The molecule has 3 rings (SSSR count). The Morgan fingerprint density at radius 1 is 0.831 bits per heavy atom. The first-order valence-electron chi connectivity index (χ1n) is 21.9. The van der Waals surface area contributed by atoms with Gasteiger partial charge >= 0.3 is 0 Å². The Morgan fingerprint density at radius 2 is 1.51 bits per heavy atom. The number of amides is 8. The van der Waals surface area contributed by atoms with Crippen molar-refractivity contribution in [1.82, 2.24) is 57.8 Å². The van der Waals surface area contributed by atoms with Crippen molar-refractivity contribution in [2.75, 3.05) is 26.2 Å². The average molecular weight is 910 g/mol. The first kappa shape index (κ1) is 52.7. The summed E-state index contributed by atoms with van der Waals surface area (Å²) in [7, 11) is 0. The molecule has 65 heavy (non-hydrogen) atoms. The summed E-state index contributed by atoms with van der Waals surface area (Å²) in [6.07, 6.45) is 4.51. The number of nitrogens with one attached hydrogen (secondary N) is 11. The number of imidazole rings is 1. The molecule has 0 radical (unpaired) electrons. The summed E-state index contributed by atoms with van der Waals surface area (Å²) in [6, 6.07) is 0.784. The number of unbranched alkanes of at least 4 members (excludes halogenated alkanes) is 1. The van der Waals surface area contributed by atoms with Crippen LogP contribution in [0.4, 0.5) is 0 Å². The van der Waals surface area contributed by atoms with Crippen molar-refractivity contribution in [3.8, 4) is 0 Å². The van der Waals surface area contributed by atoms with Crippen molar-refractivity contribution >= 4 is 53.2 Å². The highest BCUT2D eigenvalue weighted by Crippen LogP contribution is 2.11. The molecule has 8 amide bonds. The summed E-state index contributed by atoms with van der Waals surface area (Å²) in [5, 5.41) is 31.4. The average Bonchev–Trinajstić information content (AvgIpc) is 3.78. The lowest BCUT2D eigenvalue weighted by atomic mass is 10.00. The minimum Gasteiger partial charge on any atom is -0.370 e. The van der Waals surface area contributed by atoms with E-state index in [1.54, 1.807) is 30.5 Å². The fraction of sp³-hybridized carbons (Fsp3) is 0.571. The Bertz CT molecular complexity index is 1900. The predicted molar refractivity (Wildman–Crippen MR) is 240 cm³/mol. The second kappa shape index (κ2) is 27.5. The molecule has 0 aliphatic carbocycles. The van der Waals surface area contributed by atoms with Crippen molar-refractivity contribution in [2.45, 2.75) is 121 Å². The molecule has 2 heterocycles. The minimum atomic E-state index is -1.33. The molecule has 0 bridgehead atoms. The number of nitrogens with zero attached hydrogens (tertiary/aromatic N) is 1. The van der Waals surface area contributed by atoms with Crippen LogP contribution in [0.2, 0.25) is 0 Å². The van der Waals surface area contributed by atoms with Gasteiger partial charge in [-0.15, -0.1) is 0 Å². The first-order valence-corrected chi connectivity index (χ1v) is 21.9. The standard InChI is InChI=1S/C42H67N15O8/c1-24(2)18-32-41(65)57-33(19-26-10-5-4-6-11-26)37(61)50-22-34(58)48-17-14-31(40(64)56-32)55-39(63)30(13-9-16-49-42(45)46)54-38(62)29(12-7-8-15-43)53-35(59)25(3)52-36(60)28(44)20-27-21-47-23-51-27/h4-6,10-11,21,23-25,28-33H,7-9,12-20,22,43-44H2,1-3H3,(H,47,51)(H,48,58)(H,50,61)(H,52,60)(H,53,59)(H,54,62)(H,55,63)(H,56,64)(H,57,65)(H4,45,46,49)/t25-,28-,29-,30-,31+,32-,33-/m0/s1. The van der Waals surface area contributed by atoms with Crippen LogP contribution in [0.15, 0.2) is 42.9 Å². The van der Waals surface area contributed by atoms with E-state index in [4.69, 9.17) is 22.6 Å². The maximum absolute atomic E-state index is 14.2. The third kappa shape index (κ3) is 19.3. The number of guanidine groups is 1. The number of carbonyl (C=O) groups is 8. The Labute approximate surface area is 378 Å². The lowest BCUT2D eigenvalue weighted by Crippen LogP contribution is -2.60. The van der Waals surface area contributed by atoms with Gasteiger partial charge in [0, 0.05) is 32.1 Å². The molecule has 1 aliphatic heterocycles. The number of nitrogens with two attached hydrogens (primary N) is 3.